The Bertz CT molecular complexity index is 869. The lowest BCUT2D eigenvalue weighted by atomic mass is 9.78. The first-order chi connectivity index (χ1) is 13.1. The van der Waals surface area contributed by atoms with Gasteiger partial charge in [-0.15, -0.1) is 0 Å². The van der Waals surface area contributed by atoms with Gasteiger partial charge >= 0.3 is 11.9 Å². The van der Waals surface area contributed by atoms with Crippen molar-refractivity contribution in [1.82, 2.24) is 9.78 Å². The SMILES string of the molecule is COC(=O)c1cnn(-c2cccc([C@@H]3CCC[C@H](C(=O)O)C3)c2)c1C1CC1. The number of ether oxygens (including phenoxy) is 1. The summed E-state index contributed by atoms with van der Waals surface area (Å²) in [6, 6.07) is 8.14. The Morgan fingerprint density at radius 3 is 2.70 bits per heavy atom. The van der Waals surface area contributed by atoms with Crippen molar-refractivity contribution < 1.29 is 19.4 Å². The molecule has 0 radical (unpaired) electrons. The smallest absolute Gasteiger partial charge is 0.341 e. The van der Waals surface area contributed by atoms with Crippen LogP contribution in [-0.4, -0.2) is 33.9 Å². The molecule has 2 aliphatic carbocycles. The number of hydrogen-bond donors (Lipinski definition) is 1. The van der Waals surface area contributed by atoms with Crippen molar-refractivity contribution in [3.05, 3.63) is 47.3 Å². The second-order valence-corrected chi connectivity index (χ2v) is 7.61. The Morgan fingerprint density at radius 1 is 1.19 bits per heavy atom. The maximum absolute atomic E-state index is 12.1. The van der Waals surface area contributed by atoms with Gasteiger partial charge in [0.25, 0.3) is 0 Å². The van der Waals surface area contributed by atoms with Crippen molar-refractivity contribution in [2.24, 2.45) is 5.92 Å². The second kappa shape index (κ2) is 7.18. The van der Waals surface area contributed by atoms with Gasteiger partial charge in [0.1, 0.15) is 5.56 Å². The second-order valence-electron chi connectivity index (χ2n) is 7.61. The molecule has 6 nitrogen and oxygen atoms in total. The minimum Gasteiger partial charge on any atom is -0.481 e. The summed E-state index contributed by atoms with van der Waals surface area (Å²) in [5, 5.41) is 13.8. The van der Waals surface area contributed by atoms with Crippen molar-refractivity contribution in [3.8, 4) is 5.69 Å². The van der Waals surface area contributed by atoms with Gasteiger partial charge in [-0.2, -0.15) is 5.10 Å². The van der Waals surface area contributed by atoms with E-state index in [9.17, 15) is 14.7 Å². The van der Waals surface area contributed by atoms with Gasteiger partial charge in [-0.3, -0.25) is 4.79 Å². The lowest BCUT2D eigenvalue weighted by Gasteiger charge is -2.27. The zero-order chi connectivity index (χ0) is 19.0. The zero-order valence-electron chi connectivity index (χ0n) is 15.4. The average molecular weight is 368 g/mol. The van der Waals surface area contributed by atoms with Crippen molar-refractivity contribution >= 4 is 11.9 Å². The molecule has 0 amide bonds. The molecule has 1 N–H and O–H groups in total. The molecule has 2 aliphatic rings. The lowest BCUT2D eigenvalue weighted by molar-refractivity contribution is -0.143. The van der Waals surface area contributed by atoms with E-state index in [2.05, 4.69) is 17.2 Å². The summed E-state index contributed by atoms with van der Waals surface area (Å²) < 4.78 is 6.76. The number of benzene rings is 1. The quantitative estimate of drug-likeness (QED) is 0.810. The molecule has 142 valence electrons. The molecule has 1 heterocycles. The summed E-state index contributed by atoms with van der Waals surface area (Å²) in [5.74, 6) is -0.709. The summed E-state index contributed by atoms with van der Waals surface area (Å²) in [4.78, 5) is 23.5. The molecule has 0 saturated heterocycles. The Morgan fingerprint density at radius 2 is 2.00 bits per heavy atom. The molecule has 0 bridgehead atoms. The fourth-order valence-corrected chi connectivity index (χ4v) is 4.21. The zero-order valence-corrected chi connectivity index (χ0v) is 15.4. The molecule has 2 saturated carbocycles. The fourth-order valence-electron chi connectivity index (χ4n) is 4.21. The first-order valence-electron chi connectivity index (χ1n) is 9.58. The molecule has 6 heteroatoms. The van der Waals surface area contributed by atoms with Gasteiger partial charge in [-0.1, -0.05) is 18.6 Å². The largest absolute Gasteiger partial charge is 0.481 e. The van der Waals surface area contributed by atoms with E-state index in [1.807, 2.05) is 16.8 Å². The molecule has 2 atom stereocenters. The number of aliphatic carboxylic acids is 1. The fraction of sp³-hybridized carbons (Fsp3) is 0.476. The molecule has 1 aromatic heterocycles. The van der Waals surface area contributed by atoms with Crippen LogP contribution in [0.2, 0.25) is 0 Å². The van der Waals surface area contributed by atoms with Gasteiger partial charge < -0.3 is 9.84 Å². The van der Waals surface area contributed by atoms with Gasteiger partial charge in [-0.05, 0) is 55.7 Å². The van der Waals surface area contributed by atoms with E-state index in [1.165, 1.54) is 7.11 Å². The van der Waals surface area contributed by atoms with Crippen LogP contribution in [0.1, 0.15) is 72.0 Å². The lowest BCUT2D eigenvalue weighted by Crippen LogP contribution is -2.21. The van der Waals surface area contributed by atoms with Crippen molar-refractivity contribution in [1.29, 1.82) is 0 Å². The van der Waals surface area contributed by atoms with Gasteiger partial charge in [0.15, 0.2) is 0 Å². The molecule has 0 unspecified atom stereocenters. The number of rotatable bonds is 5. The van der Waals surface area contributed by atoms with Crippen LogP contribution in [0.5, 0.6) is 0 Å². The summed E-state index contributed by atoms with van der Waals surface area (Å²) in [5.41, 5.74) is 3.53. The summed E-state index contributed by atoms with van der Waals surface area (Å²) in [6.45, 7) is 0. The highest BCUT2D eigenvalue weighted by Gasteiger charge is 2.33. The van der Waals surface area contributed by atoms with E-state index < -0.39 is 5.97 Å². The normalized spacial score (nSPS) is 22.4. The number of carboxylic acid groups (broad SMARTS) is 1. The number of hydrogen-bond acceptors (Lipinski definition) is 4. The molecule has 2 aromatic rings. The van der Waals surface area contributed by atoms with Crippen LogP contribution in [0.4, 0.5) is 0 Å². The Labute approximate surface area is 158 Å². The van der Waals surface area contributed by atoms with Crippen LogP contribution < -0.4 is 0 Å². The Balaban J connectivity index is 1.66. The monoisotopic (exact) mass is 368 g/mol. The number of carboxylic acids is 1. The van der Waals surface area contributed by atoms with Crippen LogP contribution in [0.25, 0.3) is 5.69 Å². The third-order valence-corrected chi connectivity index (χ3v) is 5.79. The van der Waals surface area contributed by atoms with Crippen LogP contribution in [-0.2, 0) is 9.53 Å². The first-order valence-corrected chi connectivity index (χ1v) is 9.58. The Hall–Kier alpha value is -2.63. The molecule has 0 aliphatic heterocycles. The molecule has 27 heavy (non-hydrogen) atoms. The molecule has 4 rings (SSSR count). The van der Waals surface area contributed by atoms with E-state index in [-0.39, 0.29) is 17.8 Å². The van der Waals surface area contributed by atoms with Gasteiger partial charge in [0, 0.05) is 5.92 Å². The minimum absolute atomic E-state index is 0.250. The van der Waals surface area contributed by atoms with Crippen molar-refractivity contribution in [2.45, 2.75) is 50.4 Å². The highest BCUT2D eigenvalue weighted by atomic mass is 16.5. The van der Waals surface area contributed by atoms with E-state index in [0.29, 0.717) is 17.9 Å². The Kier molecular flexibility index (Phi) is 4.72. The maximum Gasteiger partial charge on any atom is 0.341 e. The third kappa shape index (κ3) is 3.48. The molecular weight excluding hydrogens is 344 g/mol. The molecule has 0 spiro atoms. The van der Waals surface area contributed by atoms with Crippen LogP contribution in [0.15, 0.2) is 30.5 Å². The van der Waals surface area contributed by atoms with E-state index in [0.717, 1.165) is 49.0 Å². The summed E-state index contributed by atoms with van der Waals surface area (Å²) in [7, 11) is 1.39. The number of nitrogens with zero attached hydrogens (tertiary/aromatic N) is 2. The third-order valence-electron chi connectivity index (χ3n) is 5.79. The molecule has 2 fully saturated rings. The standard InChI is InChI=1S/C21H24N2O4/c1-27-21(26)18-12-22-23(19(18)13-8-9-13)17-7-3-5-15(11-17)14-4-2-6-16(10-14)20(24)25/h3,5,7,11-14,16H,2,4,6,8-10H2,1H3,(H,24,25)/t14-,16+/m1/s1. The van der Waals surface area contributed by atoms with Crippen LogP contribution in [0.3, 0.4) is 0 Å². The number of esters is 1. The van der Waals surface area contributed by atoms with Crippen LogP contribution >= 0.6 is 0 Å². The average Bonchev–Trinajstić information content (AvgIpc) is 3.45. The predicted molar refractivity (Wildman–Crippen MR) is 99.2 cm³/mol. The highest BCUT2D eigenvalue weighted by molar-refractivity contribution is 5.90. The number of aromatic nitrogens is 2. The summed E-state index contributed by atoms with van der Waals surface area (Å²) >= 11 is 0. The van der Waals surface area contributed by atoms with Gasteiger partial charge in [-0.25, -0.2) is 9.48 Å². The minimum atomic E-state index is -0.693. The van der Waals surface area contributed by atoms with E-state index in [1.54, 1.807) is 6.20 Å². The summed E-state index contributed by atoms with van der Waals surface area (Å²) in [6.07, 6.45) is 7.09. The van der Waals surface area contributed by atoms with E-state index in [4.69, 9.17) is 4.74 Å². The topological polar surface area (TPSA) is 81.4 Å². The van der Waals surface area contributed by atoms with Crippen LogP contribution in [0, 0.1) is 5.92 Å². The molecule has 1 aromatic carbocycles. The van der Waals surface area contributed by atoms with E-state index >= 15 is 0 Å². The van der Waals surface area contributed by atoms with Gasteiger partial charge in [0.05, 0.1) is 30.6 Å². The number of carbonyl (C=O) groups excluding carboxylic acids is 1. The number of carbonyl (C=O) groups is 2. The number of methoxy groups -OCH3 is 1. The highest BCUT2D eigenvalue weighted by Crippen LogP contribution is 2.43. The first kappa shape index (κ1) is 17.8. The van der Waals surface area contributed by atoms with Gasteiger partial charge in [0.2, 0.25) is 0 Å². The maximum atomic E-state index is 12.1. The predicted octanol–water partition coefficient (Wildman–Crippen LogP) is 3.89. The molecular formula is C21H24N2O4. The van der Waals surface area contributed by atoms with Crippen molar-refractivity contribution in [3.63, 3.8) is 0 Å². The van der Waals surface area contributed by atoms with Crippen molar-refractivity contribution in [2.75, 3.05) is 7.11 Å².